The smallest absolute Gasteiger partial charge is 0.161 e. The predicted molar refractivity (Wildman–Crippen MR) is 70.5 cm³/mol. The lowest BCUT2D eigenvalue weighted by atomic mass is 9.98. The van der Waals surface area contributed by atoms with Crippen LogP contribution in [0.4, 0.5) is 0 Å². The molecule has 1 rings (SSSR count). The van der Waals surface area contributed by atoms with E-state index in [0.29, 0.717) is 0 Å². The van der Waals surface area contributed by atoms with Crippen molar-refractivity contribution in [3.8, 4) is 11.5 Å². The molecule has 0 atom stereocenters. The summed E-state index contributed by atoms with van der Waals surface area (Å²) in [6.45, 7) is 4.20. The maximum Gasteiger partial charge on any atom is 0.161 e. The van der Waals surface area contributed by atoms with Crippen molar-refractivity contribution >= 4 is 22.6 Å². The summed E-state index contributed by atoms with van der Waals surface area (Å²) >= 11 is 2.22. The number of hydrogen-bond acceptors (Lipinski definition) is 2. The number of phenolic OH excluding ortho intramolecular Hbond substituents is 2. The van der Waals surface area contributed by atoms with Gasteiger partial charge in [0.1, 0.15) is 0 Å². The maximum absolute atomic E-state index is 9.81. The quantitative estimate of drug-likeness (QED) is 0.657. The van der Waals surface area contributed by atoms with Crippen molar-refractivity contribution in [2.45, 2.75) is 39.5 Å². The van der Waals surface area contributed by atoms with Crippen molar-refractivity contribution < 1.29 is 10.2 Å². The largest absolute Gasteiger partial charge is 0.504 e. The molecule has 0 saturated carbocycles. The Labute approximate surface area is 104 Å². The monoisotopic (exact) mass is 320 g/mol. The third kappa shape index (κ3) is 2.77. The number of aromatic hydroxyl groups is 2. The van der Waals surface area contributed by atoms with Gasteiger partial charge in [0.25, 0.3) is 0 Å². The van der Waals surface area contributed by atoms with Gasteiger partial charge in [-0.3, -0.25) is 0 Å². The highest BCUT2D eigenvalue weighted by molar-refractivity contribution is 14.1. The van der Waals surface area contributed by atoms with E-state index in [-0.39, 0.29) is 11.5 Å². The fourth-order valence-electron chi connectivity index (χ4n) is 1.76. The standard InChI is InChI=1S/C12H17IO2/c1-3-5-8-9(6-4-2)12(15)11(14)7-10(8)13/h7,14-15H,3-6H2,1-2H3. The van der Waals surface area contributed by atoms with Crippen molar-refractivity contribution in [3.05, 3.63) is 20.8 Å². The van der Waals surface area contributed by atoms with E-state index in [1.165, 1.54) is 5.56 Å². The van der Waals surface area contributed by atoms with Gasteiger partial charge in [-0.15, -0.1) is 0 Å². The minimum Gasteiger partial charge on any atom is -0.504 e. The summed E-state index contributed by atoms with van der Waals surface area (Å²) in [4.78, 5) is 0. The molecule has 0 aromatic heterocycles. The second-order valence-electron chi connectivity index (χ2n) is 3.68. The van der Waals surface area contributed by atoms with E-state index < -0.39 is 0 Å². The Morgan fingerprint density at radius 1 is 1.07 bits per heavy atom. The lowest BCUT2D eigenvalue weighted by molar-refractivity contribution is 0.397. The molecule has 0 fully saturated rings. The topological polar surface area (TPSA) is 40.5 Å². The molecular formula is C12H17IO2. The Morgan fingerprint density at radius 2 is 1.60 bits per heavy atom. The third-order valence-electron chi connectivity index (χ3n) is 2.44. The summed E-state index contributed by atoms with van der Waals surface area (Å²) in [5.74, 6) is 0.0726. The van der Waals surface area contributed by atoms with Crippen LogP contribution < -0.4 is 0 Å². The molecule has 0 radical (unpaired) electrons. The number of hydrogen-bond donors (Lipinski definition) is 2. The van der Waals surface area contributed by atoms with Crippen LogP contribution in [-0.2, 0) is 12.8 Å². The summed E-state index contributed by atoms with van der Waals surface area (Å²) in [6.07, 6.45) is 3.81. The zero-order chi connectivity index (χ0) is 11.4. The summed E-state index contributed by atoms with van der Waals surface area (Å²) in [5.41, 5.74) is 2.11. The third-order valence-corrected chi connectivity index (χ3v) is 3.41. The summed E-state index contributed by atoms with van der Waals surface area (Å²) in [6, 6.07) is 1.64. The molecule has 0 spiro atoms. The highest BCUT2D eigenvalue weighted by atomic mass is 127. The van der Waals surface area contributed by atoms with E-state index in [2.05, 4.69) is 36.4 Å². The van der Waals surface area contributed by atoms with Crippen LogP contribution >= 0.6 is 22.6 Å². The van der Waals surface area contributed by atoms with Crippen LogP contribution in [0.2, 0.25) is 0 Å². The SMILES string of the molecule is CCCc1c(I)cc(O)c(O)c1CCC. The second-order valence-corrected chi connectivity index (χ2v) is 4.85. The molecule has 0 saturated heterocycles. The first-order valence-electron chi connectivity index (χ1n) is 5.33. The second kappa shape index (κ2) is 5.58. The van der Waals surface area contributed by atoms with Crippen LogP contribution in [0.15, 0.2) is 6.07 Å². The Kier molecular flexibility index (Phi) is 4.70. The van der Waals surface area contributed by atoms with Gasteiger partial charge < -0.3 is 10.2 Å². The summed E-state index contributed by atoms with van der Waals surface area (Å²) < 4.78 is 1.05. The van der Waals surface area contributed by atoms with E-state index >= 15 is 0 Å². The first kappa shape index (κ1) is 12.6. The fourth-order valence-corrected chi connectivity index (χ4v) is 2.65. The first-order valence-corrected chi connectivity index (χ1v) is 6.41. The Morgan fingerprint density at radius 3 is 2.13 bits per heavy atom. The van der Waals surface area contributed by atoms with Crippen LogP contribution in [0.5, 0.6) is 11.5 Å². The molecular weight excluding hydrogens is 303 g/mol. The molecule has 0 heterocycles. The lowest BCUT2D eigenvalue weighted by Gasteiger charge is -2.13. The van der Waals surface area contributed by atoms with Crippen LogP contribution in [0, 0.1) is 3.57 Å². The van der Waals surface area contributed by atoms with E-state index in [0.717, 1.165) is 34.8 Å². The van der Waals surface area contributed by atoms with Gasteiger partial charge in [-0.25, -0.2) is 0 Å². The Balaban J connectivity index is 3.26. The molecule has 0 aliphatic heterocycles. The minimum atomic E-state index is 0.00250. The van der Waals surface area contributed by atoms with Crippen molar-refractivity contribution in [1.82, 2.24) is 0 Å². The van der Waals surface area contributed by atoms with Gasteiger partial charge >= 0.3 is 0 Å². The van der Waals surface area contributed by atoms with Gasteiger partial charge in [0.2, 0.25) is 0 Å². The maximum atomic E-state index is 9.81. The molecule has 0 amide bonds. The van der Waals surface area contributed by atoms with Crippen LogP contribution in [0.1, 0.15) is 37.8 Å². The fraction of sp³-hybridized carbons (Fsp3) is 0.500. The number of phenols is 2. The number of halogens is 1. The zero-order valence-corrected chi connectivity index (χ0v) is 11.3. The van der Waals surface area contributed by atoms with Gasteiger partial charge in [-0.2, -0.15) is 0 Å². The minimum absolute atomic E-state index is 0.00250. The molecule has 2 N–H and O–H groups in total. The van der Waals surface area contributed by atoms with Gasteiger partial charge in [-0.1, -0.05) is 26.7 Å². The van der Waals surface area contributed by atoms with E-state index in [1.54, 1.807) is 6.07 Å². The molecule has 84 valence electrons. The summed E-state index contributed by atoms with van der Waals surface area (Å²) in [5, 5.41) is 19.4. The van der Waals surface area contributed by atoms with Crippen LogP contribution in [0.25, 0.3) is 0 Å². The lowest BCUT2D eigenvalue weighted by Crippen LogP contribution is -1.98. The molecule has 2 nitrogen and oxygen atoms in total. The molecule has 0 aliphatic carbocycles. The molecule has 1 aromatic rings. The molecule has 0 bridgehead atoms. The average molecular weight is 320 g/mol. The van der Waals surface area contributed by atoms with E-state index in [4.69, 9.17) is 0 Å². The number of rotatable bonds is 4. The molecule has 1 aromatic carbocycles. The van der Waals surface area contributed by atoms with Crippen molar-refractivity contribution in [2.75, 3.05) is 0 Å². The Bertz CT molecular complexity index is 348. The van der Waals surface area contributed by atoms with E-state index in [9.17, 15) is 10.2 Å². The summed E-state index contributed by atoms with van der Waals surface area (Å²) in [7, 11) is 0. The van der Waals surface area contributed by atoms with E-state index in [1.807, 2.05) is 0 Å². The van der Waals surface area contributed by atoms with Crippen molar-refractivity contribution in [3.63, 3.8) is 0 Å². The van der Waals surface area contributed by atoms with Crippen molar-refractivity contribution in [1.29, 1.82) is 0 Å². The van der Waals surface area contributed by atoms with Gasteiger partial charge in [-0.05, 0) is 47.1 Å². The van der Waals surface area contributed by atoms with Crippen LogP contribution in [-0.4, -0.2) is 10.2 Å². The van der Waals surface area contributed by atoms with Gasteiger partial charge in [0.15, 0.2) is 11.5 Å². The molecule has 0 unspecified atom stereocenters. The molecule has 0 aliphatic rings. The van der Waals surface area contributed by atoms with Crippen LogP contribution in [0.3, 0.4) is 0 Å². The number of benzene rings is 1. The normalized spacial score (nSPS) is 10.6. The Hall–Kier alpha value is -0.450. The van der Waals surface area contributed by atoms with Crippen molar-refractivity contribution in [2.24, 2.45) is 0 Å². The van der Waals surface area contributed by atoms with Gasteiger partial charge in [0.05, 0.1) is 0 Å². The highest BCUT2D eigenvalue weighted by Gasteiger charge is 2.14. The first-order chi connectivity index (χ1) is 7.11. The average Bonchev–Trinajstić information content (AvgIpc) is 2.20. The predicted octanol–water partition coefficient (Wildman–Crippen LogP) is 3.61. The molecule has 3 heteroatoms. The zero-order valence-electron chi connectivity index (χ0n) is 9.18. The van der Waals surface area contributed by atoms with Gasteiger partial charge in [0, 0.05) is 9.13 Å². The molecule has 15 heavy (non-hydrogen) atoms. The highest BCUT2D eigenvalue weighted by Crippen LogP contribution is 2.36.